The number of hydrogen-bond donors (Lipinski definition) is 1. The number of halogens is 1. The molecule has 0 radical (unpaired) electrons. The minimum Gasteiger partial charge on any atom is -0.308 e. The van der Waals surface area contributed by atoms with Gasteiger partial charge in [-0.25, -0.2) is 9.37 Å². The maximum Gasteiger partial charge on any atom is 0.123 e. The summed E-state index contributed by atoms with van der Waals surface area (Å²) in [6.07, 6.45) is 2.55. The SMILES string of the molecule is CC1CC(NCc2csc(-c3ccc(F)cc3)n2)C1. The maximum absolute atomic E-state index is 12.9. The molecule has 1 aliphatic carbocycles. The van der Waals surface area contributed by atoms with Crippen molar-refractivity contribution >= 4 is 11.3 Å². The minimum absolute atomic E-state index is 0.207. The average molecular weight is 276 g/mol. The topological polar surface area (TPSA) is 24.9 Å². The van der Waals surface area contributed by atoms with Crippen LogP contribution < -0.4 is 5.32 Å². The van der Waals surface area contributed by atoms with Crippen LogP contribution in [0.4, 0.5) is 4.39 Å². The number of benzene rings is 1. The van der Waals surface area contributed by atoms with Gasteiger partial charge in [-0.3, -0.25) is 0 Å². The van der Waals surface area contributed by atoms with Gasteiger partial charge in [-0.1, -0.05) is 6.92 Å². The summed E-state index contributed by atoms with van der Waals surface area (Å²) in [5, 5.41) is 6.56. The lowest BCUT2D eigenvalue weighted by molar-refractivity contribution is 0.240. The van der Waals surface area contributed by atoms with E-state index < -0.39 is 0 Å². The Labute approximate surface area is 116 Å². The normalized spacial score (nSPS) is 22.2. The van der Waals surface area contributed by atoms with E-state index in [2.05, 4.69) is 22.6 Å². The van der Waals surface area contributed by atoms with Gasteiger partial charge in [0.15, 0.2) is 0 Å². The third-order valence-electron chi connectivity index (χ3n) is 3.59. The zero-order chi connectivity index (χ0) is 13.2. The number of thiazole rings is 1. The van der Waals surface area contributed by atoms with Crippen molar-refractivity contribution in [1.82, 2.24) is 10.3 Å². The van der Waals surface area contributed by atoms with E-state index in [1.165, 1.54) is 25.0 Å². The molecule has 1 aliphatic rings. The largest absolute Gasteiger partial charge is 0.308 e. The lowest BCUT2D eigenvalue weighted by Crippen LogP contribution is -2.39. The molecule has 1 saturated carbocycles. The van der Waals surface area contributed by atoms with Crippen molar-refractivity contribution in [1.29, 1.82) is 0 Å². The number of hydrogen-bond acceptors (Lipinski definition) is 3. The van der Waals surface area contributed by atoms with Gasteiger partial charge in [-0.15, -0.1) is 11.3 Å². The minimum atomic E-state index is -0.207. The van der Waals surface area contributed by atoms with Gasteiger partial charge in [0.25, 0.3) is 0 Å². The average Bonchev–Trinajstić information content (AvgIpc) is 2.83. The van der Waals surface area contributed by atoms with E-state index in [1.807, 2.05) is 0 Å². The monoisotopic (exact) mass is 276 g/mol. The molecule has 0 unspecified atom stereocenters. The number of rotatable bonds is 4. The second-order valence-corrected chi connectivity index (χ2v) is 6.16. The quantitative estimate of drug-likeness (QED) is 0.918. The van der Waals surface area contributed by atoms with E-state index in [4.69, 9.17) is 0 Å². The predicted molar refractivity (Wildman–Crippen MR) is 76.5 cm³/mol. The van der Waals surface area contributed by atoms with E-state index in [0.717, 1.165) is 28.7 Å². The molecule has 0 atom stereocenters. The molecule has 1 heterocycles. The van der Waals surface area contributed by atoms with Crippen LogP contribution in [0.15, 0.2) is 29.6 Å². The molecule has 4 heteroatoms. The number of nitrogens with one attached hydrogen (secondary N) is 1. The smallest absolute Gasteiger partial charge is 0.123 e. The third kappa shape index (κ3) is 3.01. The zero-order valence-corrected chi connectivity index (χ0v) is 11.7. The Morgan fingerprint density at radius 2 is 2.05 bits per heavy atom. The first kappa shape index (κ1) is 12.8. The second kappa shape index (κ2) is 5.39. The Balaban J connectivity index is 1.61. The van der Waals surface area contributed by atoms with Crippen molar-refractivity contribution in [2.45, 2.75) is 32.4 Å². The molecule has 1 N–H and O–H groups in total. The van der Waals surface area contributed by atoms with Gasteiger partial charge in [-0.05, 0) is 43.0 Å². The van der Waals surface area contributed by atoms with Crippen LogP contribution in [0.2, 0.25) is 0 Å². The number of aromatic nitrogens is 1. The molecule has 0 bridgehead atoms. The highest BCUT2D eigenvalue weighted by Gasteiger charge is 2.24. The lowest BCUT2D eigenvalue weighted by atomic mass is 9.82. The molecule has 0 spiro atoms. The Kier molecular flexibility index (Phi) is 3.62. The molecular formula is C15H17FN2S. The summed E-state index contributed by atoms with van der Waals surface area (Å²) in [6, 6.07) is 7.17. The highest BCUT2D eigenvalue weighted by molar-refractivity contribution is 7.13. The van der Waals surface area contributed by atoms with Crippen LogP contribution in [-0.2, 0) is 6.54 Å². The van der Waals surface area contributed by atoms with Gasteiger partial charge in [0.1, 0.15) is 10.8 Å². The molecule has 0 aliphatic heterocycles. The number of nitrogens with zero attached hydrogens (tertiary/aromatic N) is 1. The molecule has 0 saturated heterocycles. The van der Waals surface area contributed by atoms with Gasteiger partial charge in [0.05, 0.1) is 5.69 Å². The van der Waals surface area contributed by atoms with Crippen molar-refractivity contribution in [3.63, 3.8) is 0 Å². The lowest BCUT2D eigenvalue weighted by Gasteiger charge is -2.33. The van der Waals surface area contributed by atoms with Crippen LogP contribution in [0.1, 0.15) is 25.5 Å². The fraction of sp³-hybridized carbons (Fsp3) is 0.400. The van der Waals surface area contributed by atoms with Crippen molar-refractivity contribution in [2.24, 2.45) is 5.92 Å². The molecule has 19 heavy (non-hydrogen) atoms. The summed E-state index contributed by atoms with van der Waals surface area (Å²) in [5.41, 5.74) is 2.05. The van der Waals surface area contributed by atoms with Crippen LogP contribution >= 0.6 is 11.3 Å². The third-order valence-corrected chi connectivity index (χ3v) is 4.53. The fourth-order valence-corrected chi connectivity index (χ4v) is 3.26. The summed E-state index contributed by atoms with van der Waals surface area (Å²) in [5.74, 6) is 0.656. The van der Waals surface area contributed by atoms with Gasteiger partial charge in [0, 0.05) is 23.5 Å². The molecule has 100 valence electrons. The van der Waals surface area contributed by atoms with Gasteiger partial charge in [0.2, 0.25) is 0 Å². The highest BCUT2D eigenvalue weighted by atomic mass is 32.1. The first-order chi connectivity index (χ1) is 9.20. The molecule has 3 rings (SSSR count). The second-order valence-electron chi connectivity index (χ2n) is 5.31. The molecule has 1 aromatic heterocycles. The van der Waals surface area contributed by atoms with Gasteiger partial charge >= 0.3 is 0 Å². The summed E-state index contributed by atoms with van der Waals surface area (Å²) in [6.45, 7) is 3.11. The Morgan fingerprint density at radius 1 is 1.32 bits per heavy atom. The van der Waals surface area contributed by atoms with Gasteiger partial charge in [-0.2, -0.15) is 0 Å². The molecule has 1 fully saturated rings. The van der Waals surface area contributed by atoms with Crippen molar-refractivity contribution in [3.8, 4) is 10.6 Å². The summed E-state index contributed by atoms with van der Waals surface area (Å²) in [4.78, 5) is 4.59. The van der Waals surface area contributed by atoms with Crippen molar-refractivity contribution in [3.05, 3.63) is 41.2 Å². The standard InChI is InChI=1S/C15H17FN2S/c1-10-6-13(7-10)17-8-14-9-19-15(18-14)11-2-4-12(16)5-3-11/h2-5,9-10,13,17H,6-8H2,1H3. The fourth-order valence-electron chi connectivity index (χ4n) is 2.43. The van der Waals surface area contributed by atoms with E-state index in [0.29, 0.717) is 6.04 Å². The van der Waals surface area contributed by atoms with Crippen molar-refractivity contribution < 1.29 is 4.39 Å². The van der Waals surface area contributed by atoms with E-state index in [1.54, 1.807) is 23.5 Å². The molecule has 2 aromatic rings. The Bertz CT molecular complexity index is 544. The summed E-state index contributed by atoms with van der Waals surface area (Å²) >= 11 is 1.61. The molecule has 2 nitrogen and oxygen atoms in total. The molecule has 1 aromatic carbocycles. The Morgan fingerprint density at radius 3 is 2.74 bits per heavy atom. The van der Waals surface area contributed by atoms with Crippen LogP contribution in [0, 0.1) is 11.7 Å². The summed E-state index contributed by atoms with van der Waals surface area (Å²) in [7, 11) is 0. The predicted octanol–water partition coefficient (Wildman–Crippen LogP) is 3.84. The van der Waals surface area contributed by atoms with Crippen LogP contribution in [-0.4, -0.2) is 11.0 Å². The highest BCUT2D eigenvalue weighted by Crippen LogP contribution is 2.27. The van der Waals surface area contributed by atoms with E-state index in [-0.39, 0.29) is 5.82 Å². The Hall–Kier alpha value is -1.26. The molecular weight excluding hydrogens is 259 g/mol. The van der Waals surface area contributed by atoms with Crippen LogP contribution in [0.5, 0.6) is 0 Å². The van der Waals surface area contributed by atoms with Crippen molar-refractivity contribution in [2.75, 3.05) is 0 Å². The van der Waals surface area contributed by atoms with Crippen LogP contribution in [0.3, 0.4) is 0 Å². The maximum atomic E-state index is 12.9. The first-order valence-corrected chi connectivity index (χ1v) is 7.52. The first-order valence-electron chi connectivity index (χ1n) is 6.64. The van der Waals surface area contributed by atoms with E-state index in [9.17, 15) is 4.39 Å². The van der Waals surface area contributed by atoms with E-state index >= 15 is 0 Å². The zero-order valence-electron chi connectivity index (χ0n) is 10.9. The van der Waals surface area contributed by atoms with Crippen LogP contribution in [0.25, 0.3) is 10.6 Å². The molecule has 0 amide bonds. The van der Waals surface area contributed by atoms with Gasteiger partial charge < -0.3 is 5.32 Å². The summed E-state index contributed by atoms with van der Waals surface area (Å²) < 4.78 is 12.9.